The predicted octanol–water partition coefficient (Wildman–Crippen LogP) is 5.78. The fourth-order valence-corrected chi connectivity index (χ4v) is 5.77. The fourth-order valence-electron chi connectivity index (χ4n) is 4.74. The number of nitrogens with one attached hydrogen (secondary N) is 1. The van der Waals surface area contributed by atoms with Gasteiger partial charge < -0.3 is 19.3 Å². The number of unbranched alkanes of at least 4 members (excludes halogenated alkanes) is 2. The zero-order valence-corrected chi connectivity index (χ0v) is 23.6. The molecule has 0 spiro atoms. The van der Waals surface area contributed by atoms with Crippen LogP contribution in [0.4, 0.5) is 10.7 Å². The van der Waals surface area contributed by atoms with Crippen molar-refractivity contribution in [2.75, 3.05) is 43.2 Å². The van der Waals surface area contributed by atoms with Crippen LogP contribution in [0.5, 0.6) is 5.75 Å². The number of rotatable bonds is 16. The van der Waals surface area contributed by atoms with Crippen molar-refractivity contribution >= 4 is 33.8 Å². The van der Waals surface area contributed by atoms with Gasteiger partial charge >= 0.3 is 0 Å². The second kappa shape index (κ2) is 16.4. The Hall–Kier alpha value is -2.62. The molecule has 8 nitrogen and oxygen atoms in total. The Morgan fingerprint density at radius 1 is 1.08 bits per heavy atom. The zero-order chi connectivity index (χ0) is 27.2. The van der Waals surface area contributed by atoms with Crippen molar-refractivity contribution in [1.29, 1.82) is 0 Å². The van der Waals surface area contributed by atoms with Crippen LogP contribution in [0.25, 0.3) is 0 Å². The maximum atomic E-state index is 13.4. The number of amides is 2. The maximum Gasteiger partial charge on any atom is 0.243 e. The van der Waals surface area contributed by atoms with E-state index in [0.29, 0.717) is 39.0 Å². The molecule has 2 heterocycles. The average molecular weight is 546 g/mol. The summed E-state index contributed by atoms with van der Waals surface area (Å²) in [5.41, 5.74) is 2.50. The molecule has 0 aliphatic carbocycles. The van der Waals surface area contributed by atoms with Gasteiger partial charge in [-0.05, 0) is 68.0 Å². The maximum absolute atomic E-state index is 13.4. The Bertz CT molecular complexity index is 981. The number of anilines is 2. The third-order valence-corrected chi connectivity index (χ3v) is 8.13. The monoisotopic (exact) mass is 545 g/mol. The molecule has 3 rings (SSSR count). The third kappa shape index (κ3) is 9.60. The van der Waals surface area contributed by atoms with Crippen LogP contribution in [-0.2, 0) is 20.9 Å². The van der Waals surface area contributed by atoms with Crippen LogP contribution in [-0.4, -0.2) is 50.4 Å². The first kappa shape index (κ1) is 29.9. The van der Waals surface area contributed by atoms with Crippen molar-refractivity contribution in [3.63, 3.8) is 0 Å². The highest BCUT2D eigenvalue weighted by atomic mass is 32.1. The van der Waals surface area contributed by atoms with Gasteiger partial charge in [-0.25, -0.2) is 5.48 Å². The van der Waals surface area contributed by atoms with Gasteiger partial charge in [0.15, 0.2) is 0 Å². The number of ether oxygens (including phenoxy) is 2. The van der Waals surface area contributed by atoms with Crippen molar-refractivity contribution in [3.05, 3.63) is 41.3 Å². The molecule has 1 aliphatic rings. The molecule has 1 aromatic heterocycles. The van der Waals surface area contributed by atoms with Gasteiger partial charge in [0.2, 0.25) is 11.8 Å². The lowest BCUT2D eigenvalue weighted by atomic mass is 9.96. The SMILES string of the molecule is CCC1CCCN(c2ccc(CN(C(=O)CCCCCC(=O)NO)c3ccc(OCCCOC)cc3)s2)C1. The fraction of sp³-hybridized carbons (Fsp3) is 0.586. The normalized spacial score (nSPS) is 15.3. The molecule has 1 saturated heterocycles. The Morgan fingerprint density at radius 3 is 2.61 bits per heavy atom. The molecule has 0 bridgehead atoms. The number of hydrogen-bond acceptors (Lipinski definition) is 7. The number of methoxy groups -OCH3 is 1. The first-order valence-electron chi connectivity index (χ1n) is 13.8. The molecular weight excluding hydrogens is 502 g/mol. The number of hydrogen-bond donors (Lipinski definition) is 2. The van der Waals surface area contributed by atoms with Crippen molar-refractivity contribution in [2.45, 2.75) is 71.3 Å². The summed E-state index contributed by atoms with van der Waals surface area (Å²) < 4.78 is 10.9. The number of thiophene rings is 1. The summed E-state index contributed by atoms with van der Waals surface area (Å²) in [5.74, 6) is 1.19. The van der Waals surface area contributed by atoms with Crippen molar-refractivity contribution in [3.8, 4) is 5.75 Å². The van der Waals surface area contributed by atoms with E-state index in [-0.39, 0.29) is 12.3 Å². The molecule has 0 radical (unpaired) electrons. The quantitative estimate of drug-likeness (QED) is 0.158. The third-order valence-electron chi connectivity index (χ3n) is 7.00. The number of nitrogens with zero attached hydrogens (tertiary/aromatic N) is 2. The summed E-state index contributed by atoms with van der Waals surface area (Å²) in [6, 6.07) is 12.1. The Labute approximate surface area is 230 Å². The summed E-state index contributed by atoms with van der Waals surface area (Å²) >= 11 is 1.78. The number of carbonyl (C=O) groups is 2. The van der Waals surface area contributed by atoms with Gasteiger partial charge in [0, 0.05) is 56.6 Å². The smallest absolute Gasteiger partial charge is 0.243 e. The highest BCUT2D eigenvalue weighted by Gasteiger charge is 2.22. The van der Waals surface area contributed by atoms with Gasteiger partial charge in [-0.2, -0.15) is 0 Å². The molecule has 1 unspecified atom stereocenters. The number of piperidine rings is 1. The lowest BCUT2D eigenvalue weighted by Crippen LogP contribution is -2.34. The summed E-state index contributed by atoms with van der Waals surface area (Å²) in [6.07, 6.45) is 7.31. The minimum absolute atomic E-state index is 0.0596. The average Bonchev–Trinajstić information content (AvgIpc) is 3.43. The summed E-state index contributed by atoms with van der Waals surface area (Å²) in [5, 5.41) is 9.93. The molecule has 1 aromatic carbocycles. The molecule has 0 saturated carbocycles. The second-order valence-electron chi connectivity index (χ2n) is 9.87. The highest BCUT2D eigenvalue weighted by molar-refractivity contribution is 7.16. The molecule has 38 heavy (non-hydrogen) atoms. The van der Waals surface area contributed by atoms with Crippen molar-refractivity contribution in [2.24, 2.45) is 5.92 Å². The molecule has 2 aromatic rings. The minimum atomic E-state index is -0.394. The van der Waals surface area contributed by atoms with E-state index >= 15 is 0 Å². The van der Waals surface area contributed by atoms with E-state index in [1.165, 1.54) is 24.3 Å². The van der Waals surface area contributed by atoms with Crippen LogP contribution in [0.15, 0.2) is 36.4 Å². The van der Waals surface area contributed by atoms with E-state index in [1.54, 1.807) is 23.9 Å². The van der Waals surface area contributed by atoms with Crippen LogP contribution in [0.3, 0.4) is 0 Å². The molecular formula is C29H43N3O5S. The largest absolute Gasteiger partial charge is 0.494 e. The second-order valence-corrected chi connectivity index (χ2v) is 11.0. The predicted molar refractivity (Wildman–Crippen MR) is 152 cm³/mol. The molecule has 2 N–H and O–H groups in total. The first-order valence-corrected chi connectivity index (χ1v) is 14.6. The van der Waals surface area contributed by atoms with Crippen molar-refractivity contribution < 1.29 is 24.3 Å². The lowest BCUT2D eigenvalue weighted by Gasteiger charge is -2.33. The van der Waals surface area contributed by atoms with Crippen LogP contribution < -0.4 is 20.0 Å². The topological polar surface area (TPSA) is 91.3 Å². The number of benzene rings is 1. The highest BCUT2D eigenvalue weighted by Crippen LogP contribution is 2.33. The Balaban J connectivity index is 1.65. The molecule has 2 amide bonds. The van der Waals surface area contributed by atoms with E-state index < -0.39 is 5.91 Å². The van der Waals surface area contributed by atoms with Crippen LogP contribution in [0.2, 0.25) is 0 Å². The van der Waals surface area contributed by atoms with Crippen molar-refractivity contribution in [1.82, 2.24) is 5.48 Å². The minimum Gasteiger partial charge on any atom is -0.494 e. The van der Waals surface area contributed by atoms with Crippen LogP contribution >= 0.6 is 11.3 Å². The Morgan fingerprint density at radius 2 is 1.87 bits per heavy atom. The van der Waals surface area contributed by atoms with Gasteiger partial charge in [-0.15, -0.1) is 11.3 Å². The first-order chi connectivity index (χ1) is 18.5. The number of carbonyl (C=O) groups excluding carboxylic acids is 2. The molecule has 210 valence electrons. The molecule has 1 aliphatic heterocycles. The molecule has 9 heteroatoms. The Kier molecular flexibility index (Phi) is 12.9. The zero-order valence-electron chi connectivity index (χ0n) is 22.8. The van der Waals surface area contributed by atoms with Gasteiger partial charge in [0.1, 0.15) is 5.75 Å². The van der Waals surface area contributed by atoms with Crippen LogP contribution in [0.1, 0.15) is 69.6 Å². The van der Waals surface area contributed by atoms with E-state index in [0.717, 1.165) is 48.2 Å². The summed E-state index contributed by atoms with van der Waals surface area (Å²) in [4.78, 5) is 30.1. The molecule has 1 fully saturated rings. The van der Waals surface area contributed by atoms with Gasteiger partial charge in [-0.3, -0.25) is 14.8 Å². The van der Waals surface area contributed by atoms with E-state index in [2.05, 4.69) is 24.0 Å². The van der Waals surface area contributed by atoms with E-state index in [1.807, 2.05) is 29.2 Å². The molecule has 1 atom stereocenters. The van der Waals surface area contributed by atoms with Gasteiger partial charge in [0.25, 0.3) is 0 Å². The number of hydroxylamine groups is 1. The van der Waals surface area contributed by atoms with Gasteiger partial charge in [0.05, 0.1) is 18.2 Å². The van der Waals surface area contributed by atoms with E-state index in [4.69, 9.17) is 14.7 Å². The summed E-state index contributed by atoms with van der Waals surface area (Å²) in [7, 11) is 1.68. The van der Waals surface area contributed by atoms with Gasteiger partial charge in [-0.1, -0.05) is 19.8 Å². The van der Waals surface area contributed by atoms with E-state index in [9.17, 15) is 9.59 Å². The lowest BCUT2D eigenvalue weighted by molar-refractivity contribution is -0.129. The van der Waals surface area contributed by atoms with Crippen LogP contribution in [0, 0.1) is 5.92 Å². The standard InChI is InChI=1S/C29H43N3O5S/c1-3-23-9-7-18-31(21-23)29-17-16-26(38-29)22-32(28(34)11-6-4-5-10-27(33)30-35)24-12-14-25(15-13-24)37-20-8-19-36-2/h12-17,23,35H,3-11,18-22H2,1-2H3,(H,30,33). The summed E-state index contributed by atoms with van der Waals surface area (Å²) in [6.45, 7) is 6.24.